The molecule has 0 bridgehead atoms. The molecule has 0 aliphatic heterocycles. The van der Waals surface area contributed by atoms with Gasteiger partial charge in [-0.2, -0.15) is 0 Å². The summed E-state index contributed by atoms with van der Waals surface area (Å²) < 4.78 is 28.5. The molecule has 1 N–H and O–H groups in total. The lowest BCUT2D eigenvalue weighted by Crippen LogP contribution is -2.20. The minimum absolute atomic E-state index is 0.301. The highest BCUT2D eigenvalue weighted by atomic mass is 19.3. The maximum atomic E-state index is 11.8. The number of rotatable bonds is 7. The standard InChI is InChI=1S/C15H17F2NO/c16-15(17)11-19-9-8-18-10-13-6-3-5-12-4-1-2-7-14(12)13/h1-7,15,18H,8-11H2. The molecule has 0 unspecified atom stereocenters. The van der Waals surface area contributed by atoms with Crippen molar-refractivity contribution in [3.8, 4) is 0 Å². The van der Waals surface area contributed by atoms with Gasteiger partial charge in [-0.25, -0.2) is 8.78 Å². The summed E-state index contributed by atoms with van der Waals surface area (Å²) in [6.45, 7) is 1.08. The molecule has 0 spiro atoms. The Bertz CT molecular complexity index is 511. The molecule has 4 heteroatoms. The second-order valence-electron chi connectivity index (χ2n) is 4.28. The lowest BCUT2D eigenvalue weighted by atomic mass is 10.0. The number of hydrogen-bond acceptors (Lipinski definition) is 2. The second kappa shape index (κ2) is 7.16. The maximum absolute atomic E-state index is 11.8. The third kappa shape index (κ3) is 4.26. The first kappa shape index (κ1) is 13.9. The number of ether oxygens (including phenoxy) is 1. The van der Waals surface area contributed by atoms with Crippen LogP contribution in [0.2, 0.25) is 0 Å². The summed E-state index contributed by atoms with van der Waals surface area (Å²) in [4.78, 5) is 0. The van der Waals surface area contributed by atoms with Crippen molar-refractivity contribution in [3.05, 3.63) is 48.0 Å². The van der Waals surface area contributed by atoms with Gasteiger partial charge >= 0.3 is 0 Å². The average Bonchev–Trinajstić information content (AvgIpc) is 2.42. The molecule has 0 aliphatic carbocycles. The van der Waals surface area contributed by atoms with Gasteiger partial charge in [-0.05, 0) is 16.3 Å². The number of fused-ring (bicyclic) bond motifs is 1. The largest absolute Gasteiger partial charge is 0.374 e. The molecule has 2 aromatic carbocycles. The Hall–Kier alpha value is -1.52. The fraction of sp³-hybridized carbons (Fsp3) is 0.333. The molecule has 2 aromatic rings. The first-order chi connectivity index (χ1) is 9.27. The first-order valence-corrected chi connectivity index (χ1v) is 6.30. The van der Waals surface area contributed by atoms with Gasteiger partial charge < -0.3 is 10.1 Å². The summed E-state index contributed by atoms with van der Waals surface area (Å²) in [5, 5.41) is 5.62. The van der Waals surface area contributed by atoms with Crippen LogP contribution in [0, 0.1) is 0 Å². The molecule has 0 saturated carbocycles. The Labute approximate surface area is 111 Å². The highest BCUT2D eigenvalue weighted by Gasteiger charge is 2.02. The molecule has 0 radical (unpaired) electrons. The molecule has 0 atom stereocenters. The Balaban J connectivity index is 1.82. The van der Waals surface area contributed by atoms with Crippen LogP contribution < -0.4 is 5.32 Å². The fourth-order valence-corrected chi connectivity index (χ4v) is 1.99. The average molecular weight is 265 g/mol. The molecule has 102 valence electrons. The van der Waals surface area contributed by atoms with E-state index in [1.165, 1.54) is 16.3 Å². The number of nitrogens with one attached hydrogen (secondary N) is 1. The maximum Gasteiger partial charge on any atom is 0.261 e. The van der Waals surface area contributed by atoms with Crippen LogP contribution in [-0.2, 0) is 11.3 Å². The normalized spacial score (nSPS) is 11.3. The lowest BCUT2D eigenvalue weighted by molar-refractivity contribution is 0.0187. The highest BCUT2D eigenvalue weighted by molar-refractivity contribution is 5.85. The van der Waals surface area contributed by atoms with Crippen LogP contribution in [-0.4, -0.2) is 26.2 Å². The van der Waals surface area contributed by atoms with Crippen molar-refractivity contribution in [2.75, 3.05) is 19.8 Å². The molecule has 0 saturated heterocycles. The topological polar surface area (TPSA) is 21.3 Å². The van der Waals surface area contributed by atoms with Crippen LogP contribution >= 0.6 is 0 Å². The predicted molar refractivity (Wildman–Crippen MR) is 72.5 cm³/mol. The SMILES string of the molecule is FC(F)COCCNCc1cccc2ccccc12. The molecule has 0 heterocycles. The van der Waals surface area contributed by atoms with Crippen molar-refractivity contribution in [2.24, 2.45) is 0 Å². The number of hydrogen-bond donors (Lipinski definition) is 1. The van der Waals surface area contributed by atoms with E-state index in [2.05, 4.69) is 29.6 Å². The van der Waals surface area contributed by atoms with Crippen LogP contribution in [0.15, 0.2) is 42.5 Å². The van der Waals surface area contributed by atoms with Crippen molar-refractivity contribution in [2.45, 2.75) is 13.0 Å². The van der Waals surface area contributed by atoms with Gasteiger partial charge in [0, 0.05) is 13.1 Å². The summed E-state index contributed by atoms with van der Waals surface area (Å²) in [6, 6.07) is 14.3. The zero-order valence-corrected chi connectivity index (χ0v) is 10.6. The van der Waals surface area contributed by atoms with Crippen LogP contribution in [0.3, 0.4) is 0 Å². The fourth-order valence-electron chi connectivity index (χ4n) is 1.99. The summed E-state index contributed by atoms with van der Waals surface area (Å²) in [6.07, 6.45) is -2.39. The van der Waals surface area contributed by atoms with Gasteiger partial charge in [0.15, 0.2) is 0 Å². The number of halogens is 2. The molecular weight excluding hydrogens is 248 g/mol. The molecule has 0 fully saturated rings. The van der Waals surface area contributed by atoms with E-state index < -0.39 is 13.0 Å². The molecule has 2 rings (SSSR count). The molecule has 0 amide bonds. The molecule has 2 nitrogen and oxygen atoms in total. The smallest absolute Gasteiger partial charge is 0.261 e. The van der Waals surface area contributed by atoms with Crippen molar-refractivity contribution in [1.82, 2.24) is 5.32 Å². The van der Waals surface area contributed by atoms with Gasteiger partial charge in [0.2, 0.25) is 0 Å². The van der Waals surface area contributed by atoms with Gasteiger partial charge in [0.1, 0.15) is 6.61 Å². The Morgan fingerprint density at radius 2 is 1.84 bits per heavy atom. The van der Waals surface area contributed by atoms with Gasteiger partial charge in [-0.3, -0.25) is 0 Å². The predicted octanol–water partition coefficient (Wildman–Crippen LogP) is 3.21. The van der Waals surface area contributed by atoms with E-state index in [9.17, 15) is 8.78 Å². The summed E-state index contributed by atoms with van der Waals surface area (Å²) >= 11 is 0. The van der Waals surface area contributed by atoms with Crippen molar-refractivity contribution in [3.63, 3.8) is 0 Å². The first-order valence-electron chi connectivity index (χ1n) is 6.30. The zero-order valence-electron chi connectivity index (χ0n) is 10.6. The quantitative estimate of drug-likeness (QED) is 0.776. The molecule has 0 aliphatic rings. The van der Waals surface area contributed by atoms with Crippen LogP contribution in [0.25, 0.3) is 10.8 Å². The van der Waals surface area contributed by atoms with Gasteiger partial charge in [0.05, 0.1) is 6.61 Å². The lowest BCUT2D eigenvalue weighted by Gasteiger charge is -2.08. The van der Waals surface area contributed by atoms with Gasteiger partial charge in [-0.1, -0.05) is 42.5 Å². The Morgan fingerprint density at radius 1 is 1.05 bits per heavy atom. The van der Waals surface area contributed by atoms with Crippen LogP contribution in [0.1, 0.15) is 5.56 Å². The highest BCUT2D eigenvalue weighted by Crippen LogP contribution is 2.17. The number of alkyl halides is 2. The van der Waals surface area contributed by atoms with Crippen molar-refractivity contribution in [1.29, 1.82) is 0 Å². The monoisotopic (exact) mass is 265 g/mol. The third-order valence-corrected chi connectivity index (χ3v) is 2.86. The zero-order chi connectivity index (χ0) is 13.5. The van der Waals surface area contributed by atoms with E-state index in [0.29, 0.717) is 19.7 Å². The summed E-state index contributed by atoms with van der Waals surface area (Å²) in [7, 11) is 0. The molecular formula is C15H17F2NO. The minimum atomic E-state index is -2.39. The van der Waals surface area contributed by atoms with E-state index in [4.69, 9.17) is 4.74 Å². The Morgan fingerprint density at radius 3 is 2.68 bits per heavy atom. The van der Waals surface area contributed by atoms with E-state index in [0.717, 1.165) is 0 Å². The Kier molecular flexibility index (Phi) is 5.24. The van der Waals surface area contributed by atoms with Crippen LogP contribution in [0.5, 0.6) is 0 Å². The molecule has 0 aromatic heterocycles. The van der Waals surface area contributed by atoms with E-state index in [1.54, 1.807) is 0 Å². The van der Waals surface area contributed by atoms with Crippen molar-refractivity contribution < 1.29 is 13.5 Å². The summed E-state index contributed by atoms with van der Waals surface area (Å²) in [5.41, 5.74) is 1.20. The van der Waals surface area contributed by atoms with E-state index in [-0.39, 0.29) is 0 Å². The van der Waals surface area contributed by atoms with Gasteiger partial charge in [-0.15, -0.1) is 0 Å². The summed E-state index contributed by atoms with van der Waals surface area (Å²) in [5.74, 6) is 0. The van der Waals surface area contributed by atoms with E-state index in [1.807, 2.05) is 18.2 Å². The van der Waals surface area contributed by atoms with E-state index >= 15 is 0 Å². The second-order valence-corrected chi connectivity index (χ2v) is 4.28. The third-order valence-electron chi connectivity index (χ3n) is 2.86. The van der Waals surface area contributed by atoms with Gasteiger partial charge in [0.25, 0.3) is 6.43 Å². The molecule has 19 heavy (non-hydrogen) atoms. The van der Waals surface area contributed by atoms with Crippen LogP contribution in [0.4, 0.5) is 8.78 Å². The number of benzene rings is 2. The minimum Gasteiger partial charge on any atom is -0.374 e. The van der Waals surface area contributed by atoms with Crippen molar-refractivity contribution >= 4 is 10.8 Å².